The maximum absolute atomic E-state index is 11.7. The molecule has 17 heavy (non-hydrogen) atoms. The van der Waals surface area contributed by atoms with Crippen molar-refractivity contribution in [1.29, 1.82) is 0 Å². The molecule has 1 aromatic rings. The summed E-state index contributed by atoms with van der Waals surface area (Å²) in [6.45, 7) is 6.75. The number of carbonyl (C=O) groups excluding carboxylic acids is 1. The van der Waals surface area contributed by atoms with Gasteiger partial charge in [0.1, 0.15) is 4.88 Å². The number of carboxylic acid groups (broad SMARTS) is 1. The molecule has 1 rings (SSSR count). The Kier molecular flexibility index (Phi) is 4.51. The largest absolute Gasteiger partial charge is 0.477 e. The average molecular weight is 256 g/mol. The number of aromatic carboxylic acids is 1. The lowest BCUT2D eigenvalue weighted by Gasteiger charge is -2.18. The fourth-order valence-electron chi connectivity index (χ4n) is 1.45. The van der Waals surface area contributed by atoms with E-state index in [0.29, 0.717) is 23.7 Å². The third-order valence-electron chi connectivity index (χ3n) is 2.39. The van der Waals surface area contributed by atoms with E-state index in [1.807, 2.05) is 13.8 Å². The minimum atomic E-state index is -0.962. The molecular weight excluding hydrogens is 240 g/mol. The lowest BCUT2D eigenvalue weighted by molar-refractivity contribution is 0.0701. The predicted octanol–water partition coefficient (Wildman–Crippen LogP) is 2.63. The summed E-state index contributed by atoms with van der Waals surface area (Å²) in [4.78, 5) is 24.5. The van der Waals surface area contributed by atoms with Crippen LogP contribution < -0.4 is 5.32 Å². The normalized spacial score (nSPS) is 10.1. The van der Waals surface area contributed by atoms with Crippen LogP contribution in [0.4, 0.5) is 9.80 Å². The van der Waals surface area contributed by atoms with E-state index in [9.17, 15) is 9.59 Å². The van der Waals surface area contributed by atoms with Gasteiger partial charge in [-0.2, -0.15) is 0 Å². The zero-order valence-corrected chi connectivity index (χ0v) is 10.9. The van der Waals surface area contributed by atoms with Crippen LogP contribution in [0.5, 0.6) is 0 Å². The van der Waals surface area contributed by atoms with E-state index in [1.165, 1.54) is 0 Å². The lowest BCUT2D eigenvalue weighted by atomic mass is 10.3. The number of anilines is 1. The molecule has 0 aromatic carbocycles. The van der Waals surface area contributed by atoms with E-state index in [4.69, 9.17) is 5.11 Å². The topological polar surface area (TPSA) is 69.6 Å². The summed E-state index contributed by atoms with van der Waals surface area (Å²) in [6, 6.07) is 1.48. The summed E-state index contributed by atoms with van der Waals surface area (Å²) in [5.41, 5.74) is 0.664. The van der Waals surface area contributed by atoms with Crippen molar-refractivity contribution in [2.75, 3.05) is 18.4 Å². The van der Waals surface area contributed by atoms with Crippen molar-refractivity contribution in [3.8, 4) is 0 Å². The van der Waals surface area contributed by atoms with Crippen LogP contribution in [0.3, 0.4) is 0 Å². The molecule has 6 heteroatoms. The van der Waals surface area contributed by atoms with Crippen LogP contribution in [0.15, 0.2) is 6.07 Å². The molecule has 0 radical (unpaired) electrons. The first-order valence-electron chi connectivity index (χ1n) is 5.39. The molecule has 0 unspecified atom stereocenters. The second-order valence-electron chi connectivity index (χ2n) is 3.53. The molecule has 1 aromatic heterocycles. The van der Waals surface area contributed by atoms with Crippen LogP contribution in [0, 0.1) is 6.92 Å². The number of nitrogens with one attached hydrogen (secondary N) is 1. The Morgan fingerprint density at radius 2 is 2.00 bits per heavy atom. The molecule has 1 heterocycles. The van der Waals surface area contributed by atoms with Crippen molar-refractivity contribution in [2.24, 2.45) is 0 Å². The average Bonchev–Trinajstić information content (AvgIpc) is 2.61. The Balaban J connectivity index is 2.79. The van der Waals surface area contributed by atoms with E-state index in [-0.39, 0.29) is 10.9 Å². The fraction of sp³-hybridized carbons (Fsp3) is 0.455. The summed E-state index contributed by atoms with van der Waals surface area (Å²) in [5.74, 6) is -0.962. The Morgan fingerprint density at radius 3 is 2.41 bits per heavy atom. The van der Waals surface area contributed by atoms with Crippen LogP contribution in [-0.2, 0) is 0 Å². The summed E-state index contributed by atoms with van der Waals surface area (Å²) < 4.78 is 0. The van der Waals surface area contributed by atoms with Crippen molar-refractivity contribution in [3.05, 3.63) is 16.5 Å². The first-order chi connectivity index (χ1) is 7.99. The van der Waals surface area contributed by atoms with Crippen LogP contribution in [-0.4, -0.2) is 35.1 Å². The van der Waals surface area contributed by atoms with Crippen LogP contribution in [0.2, 0.25) is 0 Å². The second-order valence-corrected chi connectivity index (χ2v) is 4.58. The number of nitrogens with zero attached hydrogens (tertiary/aromatic N) is 1. The molecule has 0 saturated carbocycles. The van der Waals surface area contributed by atoms with Gasteiger partial charge in [-0.25, -0.2) is 9.59 Å². The highest BCUT2D eigenvalue weighted by Gasteiger charge is 2.15. The Bertz CT molecular complexity index is 424. The van der Waals surface area contributed by atoms with Crippen molar-refractivity contribution in [2.45, 2.75) is 20.8 Å². The van der Waals surface area contributed by atoms with Crippen LogP contribution in [0.1, 0.15) is 29.1 Å². The van der Waals surface area contributed by atoms with Gasteiger partial charge in [0, 0.05) is 13.1 Å². The quantitative estimate of drug-likeness (QED) is 0.870. The van der Waals surface area contributed by atoms with Gasteiger partial charge >= 0.3 is 12.0 Å². The molecule has 0 spiro atoms. The standard InChI is InChI=1S/C11H16N2O3S/c1-4-13(5-2)11(16)12-8-6-7(3)9(17-8)10(14)15/h6H,4-5H2,1-3H3,(H,12,16)(H,14,15). The maximum atomic E-state index is 11.7. The number of hydrogen-bond donors (Lipinski definition) is 2. The molecule has 0 atom stereocenters. The number of thiophene rings is 1. The summed E-state index contributed by atoms with van der Waals surface area (Å²) in [6.07, 6.45) is 0. The van der Waals surface area contributed by atoms with Gasteiger partial charge < -0.3 is 10.0 Å². The smallest absolute Gasteiger partial charge is 0.346 e. The number of hydrogen-bond acceptors (Lipinski definition) is 3. The molecular formula is C11H16N2O3S. The SMILES string of the molecule is CCN(CC)C(=O)Nc1cc(C)c(C(=O)O)s1. The predicted molar refractivity (Wildman–Crippen MR) is 68.0 cm³/mol. The first-order valence-corrected chi connectivity index (χ1v) is 6.20. The Hall–Kier alpha value is -1.56. The second kappa shape index (κ2) is 5.67. The van der Waals surface area contributed by atoms with Crippen LogP contribution in [0.25, 0.3) is 0 Å². The number of carboxylic acids is 1. The zero-order chi connectivity index (χ0) is 13.0. The summed E-state index contributed by atoms with van der Waals surface area (Å²) >= 11 is 1.08. The molecule has 0 bridgehead atoms. The van der Waals surface area contributed by atoms with Gasteiger partial charge in [-0.15, -0.1) is 11.3 Å². The highest BCUT2D eigenvalue weighted by Crippen LogP contribution is 2.26. The number of aryl methyl sites for hydroxylation is 1. The number of urea groups is 1. The van der Waals surface area contributed by atoms with Gasteiger partial charge in [-0.1, -0.05) is 0 Å². The highest BCUT2D eigenvalue weighted by molar-refractivity contribution is 7.18. The van der Waals surface area contributed by atoms with Gasteiger partial charge in [0.05, 0.1) is 5.00 Å². The molecule has 5 nitrogen and oxygen atoms in total. The Labute approximate surface area is 104 Å². The molecule has 94 valence electrons. The summed E-state index contributed by atoms with van der Waals surface area (Å²) in [7, 11) is 0. The maximum Gasteiger partial charge on any atom is 0.346 e. The minimum Gasteiger partial charge on any atom is -0.477 e. The molecule has 2 amide bonds. The number of amides is 2. The van der Waals surface area contributed by atoms with Crippen LogP contribution >= 0.6 is 11.3 Å². The zero-order valence-electron chi connectivity index (χ0n) is 10.1. The van der Waals surface area contributed by atoms with Gasteiger partial charge in [0.2, 0.25) is 0 Å². The number of rotatable bonds is 4. The minimum absolute atomic E-state index is 0.201. The van der Waals surface area contributed by atoms with E-state index in [2.05, 4.69) is 5.32 Å². The molecule has 2 N–H and O–H groups in total. The van der Waals surface area contributed by atoms with Gasteiger partial charge in [0.15, 0.2) is 0 Å². The van der Waals surface area contributed by atoms with E-state index < -0.39 is 5.97 Å². The lowest BCUT2D eigenvalue weighted by Crippen LogP contribution is -2.34. The van der Waals surface area contributed by atoms with Gasteiger partial charge in [-0.05, 0) is 32.4 Å². The molecule has 0 aliphatic carbocycles. The van der Waals surface area contributed by atoms with Gasteiger partial charge in [-0.3, -0.25) is 5.32 Å². The van der Waals surface area contributed by atoms with E-state index >= 15 is 0 Å². The third kappa shape index (κ3) is 3.20. The molecule has 0 aliphatic rings. The van der Waals surface area contributed by atoms with Crippen molar-refractivity contribution in [3.63, 3.8) is 0 Å². The van der Waals surface area contributed by atoms with Crippen molar-refractivity contribution < 1.29 is 14.7 Å². The third-order valence-corrected chi connectivity index (χ3v) is 3.53. The highest BCUT2D eigenvalue weighted by atomic mass is 32.1. The molecule has 0 fully saturated rings. The number of carbonyl (C=O) groups is 2. The summed E-state index contributed by atoms with van der Waals surface area (Å²) in [5, 5.41) is 12.2. The van der Waals surface area contributed by atoms with E-state index in [1.54, 1.807) is 17.9 Å². The fourth-order valence-corrected chi connectivity index (χ4v) is 2.35. The van der Waals surface area contributed by atoms with E-state index in [0.717, 1.165) is 11.3 Å². The molecule has 0 saturated heterocycles. The molecule has 0 aliphatic heterocycles. The van der Waals surface area contributed by atoms with Crippen molar-refractivity contribution in [1.82, 2.24) is 4.90 Å². The van der Waals surface area contributed by atoms with Gasteiger partial charge in [0.25, 0.3) is 0 Å². The first kappa shape index (κ1) is 13.5. The Morgan fingerprint density at radius 1 is 1.41 bits per heavy atom. The monoisotopic (exact) mass is 256 g/mol. The van der Waals surface area contributed by atoms with Crippen molar-refractivity contribution >= 4 is 28.3 Å².